The zero-order valence-corrected chi connectivity index (χ0v) is 18.8. The first-order valence-corrected chi connectivity index (χ1v) is 11.3. The lowest BCUT2D eigenvalue weighted by molar-refractivity contribution is -0.138. The normalized spacial score (nSPS) is 12.9. The van der Waals surface area contributed by atoms with Gasteiger partial charge in [0.1, 0.15) is 12.5 Å². The predicted octanol–water partition coefficient (Wildman–Crippen LogP) is 4.60. The number of aliphatic hydroxyl groups excluding tert-OH is 2. The fourth-order valence-electron chi connectivity index (χ4n) is 2.99. The third-order valence-electron chi connectivity index (χ3n) is 4.76. The van der Waals surface area contributed by atoms with E-state index in [1.165, 1.54) is 25.7 Å². The lowest BCUT2D eigenvalue weighted by Gasteiger charge is -2.27. The molecule has 2 atom stereocenters. The van der Waals surface area contributed by atoms with Gasteiger partial charge in [0.15, 0.2) is 0 Å². The molecule has 0 bridgehead atoms. The van der Waals surface area contributed by atoms with Crippen LogP contribution in [0.3, 0.4) is 0 Å². The minimum atomic E-state index is -0.698. The van der Waals surface area contributed by atoms with E-state index in [9.17, 15) is 19.8 Å². The summed E-state index contributed by atoms with van der Waals surface area (Å²) in [6.45, 7) is 6.18. The largest absolute Gasteiger partial charge is 0.481 e. The maximum absolute atomic E-state index is 10.3. The van der Waals surface area contributed by atoms with Crippen molar-refractivity contribution in [1.29, 1.82) is 0 Å². The summed E-state index contributed by atoms with van der Waals surface area (Å²) in [5, 5.41) is 35.3. The number of carbonyl (C=O) groups is 2. The molecule has 0 spiro atoms. The molecule has 0 aliphatic rings. The van der Waals surface area contributed by atoms with E-state index in [1.54, 1.807) is 18.7 Å². The van der Waals surface area contributed by atoms with Crippen LogP contribution in [0.15, 0.2) is 0 Å². The molecule has 0 aromatic rings. The Morgan fingerprint density at radius 3 is 1.21 bits per heavy atom. The van der Waals surface area contributed by atoms with Gasteiger partial charge in [-0.05, 0) is 33.1 Å². The van der Waals surface area contributed by atoms with Crippen molar-refractivity contribution in [3.05, 3.63) is 0 Å². The Kier molecular flexibility index (Phi) is 22.3. The van der Waals surface area contributed by atoms with Crippen LogP contribution in [0.4, 0.5) is 0 Å². The third kappa shape index (κ3) is 24.8. The van der Waals surface area contributed by atoms with Crippen LogP contribution in [0.1, 0.15) is 111 Å². The van der Waals surface area contributed by atoms with Crippen molar-refractivity contribution in [2.45, 2.75) is 123 Å². The highest BCUT2D eigenvalue weighted by molar-refractivity contribution is 5.66. The quantitative estimate of drug-likeness (QED) is 0.189. The zero-order valence-electron chi connectivity index (χ0n) is 18.8. The fourth-order valence-corrected chi connectivity index (χ4v) is 2.99. The van der Waals surface area contributed by atoms with Crippen LogP contribution >= 0.6 is 0 Å². The Hall–Kier alpha value is -1.18. The topological polar surface area (TPSA) is 118 Å². The molecule has 7 heteroatoms. The first kappa shape index (κ1) is 30.0. The van der Waals surface area contributed by atoms with Gasteiger partial charge < -0.3 is 20.4 Å². The molecule has 0 aromatic heterocycles. The predicted molar refractivity (Wildman–Crippen MR) is 116 cm³/mol. The van der Waals surface area contributed by atoms with Gasteiger partial charge in [-0.2, -0.15) is 0 Å². The number of hydrogen-bond acceptors (Lipinski definition) is 5. The van der Waals surface area contributed by atoms with Crippen molar-refractivity contribution < 1.29 is 30.0 Å². The van der Waals surface area contributed by atoms with Gasteiger partial charge >= 0.3 is 11.9 Å². The van der Waals surface area contributed by atoms with Crippen molar-refractivity contribution in [2.24, 2.45) is 0 Å². The van der Waals surface area contributed by atoms with Crippen LogP contribution in [0.25, 0.3) is 0 Å². The molecule has 0 radical (unpaired) electrons. The average Bonchev–Trinajstić information content (AvgIpc) is 2.62. The van der Waals surface area contributed by atoms with E-state index < -0.39 is 24.4 Å². The van der Waals surface area contributed by atoms with E-state index in [-0.39, 0.29) is 0 Å². The first-order valence-electron chi connectivity index (χ1n) is 11.3. The van der Waals surface area contributed by atoms with Gasteiger partial charge in [-0.1, -0.05) is 64.7 Å². The molecule has 4 N–H and O–H groups in total. The maximum Gasteiger partial charge on any atom is 0.303 e. The average molecular weight is 420 g/mol. The highest BCUT2D eigenvalue weighted by Crippen LogP contribution is 2.12. The van der Waals surface area contributed by atoms with Gasteiger partial charge in [0, 0.05) is 19.4 Å². The molecular formula is C22H45NO6. The van der Waals surface area contributed by atoms with E-state index >= 15 is 0 Å². The second-order valence-electron chi connectivity index (χ2n) is 7.68. The molecule has 7 nitrogen and oxygen atoms in total. The molecule has 0 rings (SSSR count). The standard InChI is InChI=1S/C14H26O4.C8H19NO2/c15-13(16)11-9-7-5-3-1-2-4-6-8-10-12-14(17)18;1-4-5-6-9(7(2)10)8(3)11/h1-12H2,(H,15,16)(H,17,18);7-8,10-11H,4-6H2,1-3H3. The van der Waals surface area contributed by atoms with Crippen LogP contribution in [-0.2, 0) is 9.59 Å². The van der Waals surface area contributed by atoms with Gasteiger partial charge in [-0.25, -0.2) is 0 Å². The van der Waals surface area contributed by atoms with Crippen LogP contribution in [0.5, 0.6) is 0 Å². The van der Waals surface area contributed by atoms with E-state index in [0.29, 0.717) is 12.8 Å². The summed E-state index contributed by atoms with van der Waals surface area (Å²) in [4.78, 5) is 22.2. The molecule has 0 amide bonds. The number of nitrogens with zero attached hydrogens (tertiary/aromatic N) is 1. The van der Waals surface area contributed by atoms with Gasteiger partial charge in [0.05, 0.1) is 0 Å². The summed E-state index contributed by atoms with van der Waals surface area (Å²) in [6, 6.07) is 0. The smallest absolute Gasteiger partial charge is 0.303 e. The Balaban J connectivity index is 0. The zero-order chi connectivity index (χ0) is 22.5. The number of carboxylic acid groups (broad SMARTS) is 2. The Bertz CT molecular complexity index is 355. The summed E-state index contributed by atoms with van der Waals surface area (Å²) in [5.74, 6) is -1.40. The Morgan fingerprint density at radius 2 is 0.966 bits per heavy atom. The second kappa shape index (κ2) is 21.5. The van der Waals surface area contributed by atoms with Gasteiger partial charge in [-0.15, -0.1) is 0 Å². The van der Waals surface area contributed by atoms with Crippen LogP contribution < -0.4 is 0 Å². The first-order chi connectivity index (χ1) is 13.7. The van der Waals surface area contributed by atoms with Crippen LogP contribution in [-0.4, -0.2) is 56.3 Å². The van der Waals surface area contributed by atoms with Crippen molar-refractivity contribution in [3.8, 4) is 0 Å². The van der Waals surface area contributed by atoms with Gasteiger partial charge in [-0.3, -0.25) is 14.5 Å². The Morgan fingerprint density at radius 1 is 0.655 bits per heavy atom. The highest BCUT2D eigenvalue weighted by atomic mass is 16.4. The highest BCUT2D eigenvalue weighted by Gasteiger charge is 2.14. The minimum Gasteiger partial charge on any atom is -0.481 e. The monoisotopic (exact) mass is 419 g/mol. The summed E-state index contributed by atoms with van der Waals surface area (Å²) < 4.78 is 0. The summed E-state index contributed by atoms with van der Waals surface area (Å²) >= 11 is 0. The van der Waals surface area contributed by atoms with Crippen LogP contribution in [0.2, 0.25) is 0 Å². The van der Waals surface area contributed by atoms with E-state index in [4.69, 9.17) is 10.2 Å². The molecule has 0 aliphatic heterocycles. The molecule has 0 fully saturated rings. The third-order valence-corrected chi connectivity index (χ3v) is 4.76. The lowest BCUT2D eigenvalue weighted by Crippen LogP contribution is -2.40. The van der Waals surface area contributed by atoms with Gasteiger partial charge in [0.2, 0.25) is 0 Å². The maximum atomic E-state index is 10.3. The van der Waals surface area contributed by atoms with Crippen molar-refractivity contribution in [2.75, 3.05) is 6.54 Å². The van der Waals surface area contributed by atoms with Crippen molar-refractivity contribution in [1.82, 2.24) is 4.90 Å². The molecule has 29 heavy (non-hydrogen) atoms. The summed E-state index contributed by atoms with van der Waals surface area (Å²) in [5.41, 5.74) is 0. The molecule has 0 saturated carbocycles. The molecule has 0 heterocycles. The number of rotatable bonds is 18. The fraction of sp³-hybridized carbons (Fsp3) is 0.909. The second-order valence-corrected chi connectivity index (χ2v) is 7.68. The van der Waals surface area contributed by atoms with E-state index in [0.717, 1.165) is 57.9 Å². The molecule has 0 aliphatic carbocycles. The summed E-state index contributed by atoms with van der Waals surface area (Å²) in [6.07, 6.45) is 12.3. The van der Waals surface area contributed by atoms with E-state index in [2.05, 4.69) is 6.92 Å². The molecule has 174 valence electrons. The Labute approximate surface area is 177 Å². The summed E-state index contributed by atoms with van der Waals surface area (Å²) in [7, 11) is 0. The number of aliphatic carboxylic acids is 2. The molecule has 2 unspecified atom stereocenters. The number of unbranched alkanes of at least 4 members (excludes halogenated alkanes) is 10. The van der Waals surface area contributed by atoms with Crippen molar-refractivity contribution in [3.63, 3.8) is 0 Å². The van der Waals surface area contributed by atoms with Gasteiger partial charge in [0.25, 0.3) is 0 Å². The van der Waals surface area contributed by atoms with E-state index in [1.807, 2.05) is 0 Å². The lowest BCUT2D eigenvalue weighted by atomic mass is 10.1. The number of hydrogen-bond donors (Lipinski definition) is 4. The molecular weight excluding hydrogens is 374 g/mol. The number of carboxylic acids is 2. The SMILES string of the molecule is CCCCN(C(C)O)C(C)O.O=C(O)CCCCCCCCCCCCC(=O)O. The number of aliphatic hydroxyl groups is 2. The molecule has 0 saturated heterocycles. The molecule has 0 aromatic carbocycles. The van der Waals surface area contributed by atoms with Crippen molar-refractivity contribution >= 4 is 11.9 Å². The van der Waals surface area contributed by atoms with Crippen LogP contribution in [0, 0.1) is 0 Å². The minimum absolute atomic E-state index is 0.295.